The maximum atomic E-state index is 12.7. The predicted octanol–water partition coefficient (Wildman–Crippen LogP) is 3.25. The molecule has 6 nitrogen and oxygen atoms in total. The van der Waals surface area contributed by atoms with E-state index in [1.165, 1.54) is 0 Å². The molecule has 0 unspecified atom stereocenters. The van der Waals surface area contributed by atoms with E-state index in [-0.39, 0.29) is 17.9 Å². The van der Waals surface area contributed by atoms with Gasteiger partial charge in [0.1, 0.15) is 0 Å². The molecule has 2 aromatic rings. The number of carbonyl (C=O) groups is 2. The second-order valence-electron chi connectivity index (χ2n) is 7.39. The third-order valence-electron chi connectivity index (χ3n) is 5.29. The van der Waals surface area contributed by atoms with E-state index < -0.39 is 0 Å². The number of rotatable bonds is 7. The van der Waals surface area contributed by atoms with Gasteiger partial charge in [0.05, 0.1) is 27.1 Å². The molecule has 1 saturated heterocycles. The predicted molar refractivity (Wildman–Crippen MR) is 116 cm³/mol. The Morgan fingerprint density at radius 2 is 1.60 bits per heavy atom. The quantitative estimate of drug-likeness (QED) is 0.732. The van der Waals surface area contributed by atoms with Crippen LogP contribution in [0.3, 0.4) is 0 Å². The molecule has 1 fully saturated rings. The topological polar surface area (TPSA) is 67.9 Å². The summed E-state index contributed by atoms with van der Waals surface area (Å²) in [7, 11) is 3.16. The van der Waals surface area contributed by atoms with Gasteiger partial charge in [-0.25, -0.2) is 0 Å². The van der Waals surface area contributed by atoms with Crippen LogP contribution >= 0.6 is 11.6 Å². The van der Waals surface area contributed by atoms with E-state index in [1.807, 2.05) is 35.2 Å². The zero-order valence-corrected chi connectivity index (χ0v) is 18.1. The Bertz CT molecular complexity index is 877. The van der Waals surface area contributed by atoms with Crippen molar-refractivity contribution in [1.82, 2.24) is 10.2 Å². The molecule has 1 N–H and O–H groups in total. The Morgan fingerprint density at radius 3 is 2.23 bits per heavy atom. The second-order valence-corrected chi connectivity index (χ2v) is 7.83. The van der Waals surface area contributed by atoms with Crippen molar-refractivity contribution < 1.29 is 19.1 Å². The van der Waals surface area contributed by atoms with Crippen molar-refractivity contribution in [3.05, 3.63) is 58.6 Å². The van der Waals surface area contributed by atoms with Crippen LogP contribution in [0.1, 0.15) is 24.0 Å². The van der Waals surface area contributed by atoms with Crippen LogP contribution in [0.4, 0.5) is 0 Å². The van der Waals surface area contributed by atoms with Crippen LogP contribution < -0.4 is 14.8 Å². The number of amides is 2. The average molecular weight is 431 g/mol. The first-order valence-corrected chi connectivity index (χ1v) is 10.4. The van der Waals surface area contributed by atoms with Crippen LogP contribution in [0.15, 0.2) is 42.5 Å². The van der Waals surface area contributed by atoms with E-state index in [2.05, 4.69) is 5.32 Å². The molecule has 0 radical (unpaired) electrons. The average Bonchev–Trinajstić information content (AvgIpc) is 2.75. The second kappa shape index (κ2) is 10.3. The minimum Gasteiger partial charge on any atom is -0.493 e. The standard InChI is InChI=1S/C23H27ClN2O4/c1-29-20-8-5-17(13-21(20)30-2)15-23(28)26-11-9-19(10-12-26)25-22(27)14-16-3-6-18(24)7-4-16/h3-8,13,19H,9-12,14-15H2,1-2H3,(H,25,27). The van der Waals surface area contributed by atoms with Crippen molar-refractivity contribution >= 4 is 23.4 Å². The fraction of sp³-hybridized carbons (Fsp3) is 0.391. The SMILES string of the molecule is COc1ccc(CC(=O)N2CCC(NC(=O)Cc3ccc(Cl)cc3)CC2)cc1OC. The minimum atomic E-state index is -0.00701. The zero-order chi connectivity index (χ0) is 21.5. The molecule has 160 valence electrons. The zero-order valence-electron chi connectivity index (χ0n) is 17.3. The summed E-state index contributed by atoms with van der Waals surface area (Å²) < 4.78 is 10.5. The van der Waals surface area contributed by atoms with Crippen molar-refractivity contribution in [2.45, 2.75) is 31.7 Å². The molecule has 0 aliphatic carbocycles. The summed E-state index contributed by atoms with van der Waals surface area (Å²) in [5, 5.41) is 3.74. The van der Waals surface area contributed by atoms with Crippen LogP contribution in [0.25, 0.3) is 0 Å². The number of ether oxygens (including phenoxy) is 2. The van der Waals surface area contributed by atoms with E-state index in [4.69, 9.17) is 21.1 Å². The lowest BCUT2D eigenvalue weighted by Gasteiger charge is -2.32. The number of benzene rings is 2. The number of methoxy groups -OCH3 is 2. The van der Waals surface area contributed by atoms with Gasteiger partial charge in [-0.3, -0.25) is 9.59 Å². The number of nitrogens with zero attached hydrogens (tertiary/aromatic N) is 1. The van der Waals surface area contributed by atoms with Crippen molar-refractivity contribution in [1.29, 1.82) is 0 Å². The minimum absolute atomic E-state index is 0.00701. The van der Waals surface area contributed by atoms with Gasteiger partial charge in [0.2, 0.25) is 11.8 Å². The fourth-order valence-corrected chi connectivity index (χ4v) is 3.74. The van der Waals surface area contributed by atoms with Crippen molar-refractivity contribution in [3.63, 3.8) is 0 Å². The molecule has 1 heterocycles. The van der Waals surface area contributed by atoms with Gasteiger partial charge in [0, 0.05) is 24.2 Å². The maximum absolute atomic E-state index is 12.7. The first kappa shape index (κ1) is 22.0. The first-order valence-electron chi connectivity index (χ1n) is 10.0. The number of piperidine rings is 1. The molecule has 0 saturated carbocycles. The molecule has 0 bridgehead atoms. The molecule has 3 rings (SSSR count). The van der Waals surface area contributed by atoms with Gasteiger partial charge in [0.15, 0.2) is 11.5 Å². The summed E-state index contributed by atoms with van der Waals surface area (Å²) in [4.78, 5) is 26.8. The molecule has 0 aromatic heterocycles. The summed E-state index contributed by atoms with van der Waals surface area (Å²) in [5.74, 6) is 1.33. The number of halogens is 1. The highest BCUT2D eigenvalue weighted by molar-refractivity contribution is 6.30. The first-order chi connectivity index (χ1) is 14.5. The Balaban J connectivity index is 1.46. The number of hydrogen-bond donors (Lipinski definition) is 1. The molecule has 1 aliphatic heterocycles. The molecular formula is C23H27ClN2O4. The third-order valence-corrected chi connectivity index (χ3v) is 5.55. The van der Waals surface area contributed by atoms with Gasteiger partial charge < -0.3 is 19.7 Å². The Morgan fingerprint density at radius 1 is 0.967 bits per heavy atom. The van der Waals surface area contributed by atoms with Crippen molar-refractivity contribution in [3.8, 4) is 11.5 Å². The number of hydrogen-bond acceptors (Lipinski definition) is 4. The fourth-order valence-electron chi connectivity index (χ4n) is 3.62. The molecule has 0 spiro atoms. The maximum Gasteiger partial charge on any atom is 0.226 e. The van der Waals surface area contributed by atoms with E-state index in [0.29, 0.717) is 42.5 Å². The molecule has 2 amide bonds. The summed E-state index contributed by atoms with van der Waals surface area (Å²) >= 11 is 5.88. The normalized spacial score (nSPS) is 14.3. The highest BCUT2D eigenvalue weighted by Crippen LogP contribution is 2.28. The van der Waals surface area contributed by atoms with E-state index in [0.717, 1.165) is 24.0 Å². The lowest BCUT2D eigenvalue weighted by atomic mass is 10.0. The highest BCUT2D eigenvalue weighted by atomic mass is 35.5. The van der Waals surface area contributed by atoms with Gasteiger partial charge in [-0.15, -0.1) is 0 Å². The van der Waals surface area contributed by atoms with Gasteiger partial charge in [-0.05, 0) is 48.2 Å². The van der Waals surface area contributed by atoms with Gasteiger partial charge in [-0.2, -0.15) is 0 Å². The summed E-state index contributed by atoms with van der Waals surface area (Å²) in [6, 6.07) is 12.9. The van der Waals surface area contributed by atoms with Crippen LogP contribution in [-0.4, -0.2) is 50.1 Å². The Hall–Kier alpha value is -2.73. The van der Waals surface area contributed by atoms with Crippen molar-refractivity contribution in [2.75, 3.05) is 27.3 Å². The van der Waals surface area contributed by atoms with Crippen LogP contribution in [-0.2, 0) is 22.4 Å². The van der Waals surface area contributed by atoms with Gasteiger partial charge in [-0.1, -0.05) is 29.8 Å². The molecule has 1 aliphatic rings. The van der Waals surface area contributed by atoms with Crippen LogP contribution in [0, 0.1) is 0 Å². The summed E-state index contributed by atoms with van der Waals surface area (Å²) in [5.41, 5.74) is 1.82. The van der Waals surface area contributed by atoms with E-state index in [9.17, 15) is 9.59 Å². The third kappa shape index (κ3) is 5.89. The lowest BCUT2D eigenvalue weighted by Crippen LogP contribution is -2.47. The molecule has 30 heavy (non-hydrogen) atoms. The largest absolute Gasteiger partial charge is 0.493 e. The van der Waals surface area contributed by atoms with E-state index in [1.54, 1.807) is 26.4 Å². The molecule has 0 atom stereocenters. The Kier molecular flexibility index (Phi) is 7.57. The monoisotopic (exact) mass is 430 g/mol. The lowest BCUT2D eigenvalue weighted by molar-refractivity contribution is -0.131. The molecular weight excluding hydrogens is 404 g/mol. The van der Waals surface area contributed by atoms with Crippen LogP contribution in [0.2, 0.25) is 5.02 Å². The van der Waals surface area contributed by atoms with Gasteiger partial charge in [0.25, 0.3) is 0 Å². The highest BCUT2D eigenvalue weighted by Gasteiger charge is 2.24. The van der Waals surface area contributed by atoms with Gasteiger partial charge >= 0.3 is 0 Å². The molecule has 2 aromatic carbocycles. The van der Waals surface area contributed by atoms with E-state index >= 15 is 0 Å². The van der Waals surface area contributed by atoms with Crippen molar-refractivity contribution in [2.24, 2.45) is 0 Å². The number of likely N-dealkylation sites (tertiary alicyclic amines) is 1. The Labute approximate surface area is 182 Å². The molecule has 7 heteroatoms. The number of nitrogens with one attached hydrogen (secondary N) is 1. The number of carbonyl (C=O) groups excluding carboxylic acids is 2. The van der Waals surface area contributed by atoms with Crippen LogP contribution in [0.5, 0.6) is 11.5 Å². The smallest absolute Gasteiger partial charge is 0.226 e. The summed E-state index contributed by atoms with van der Waals surface area (Å²) in [6.07, 6.45) is 2.15. The summed E-state index contributed by atoms with van der Waals surface area (Å²) in [6.45, 7) is 1.27.